The molecular formula is C21H26FN5O. The maximum Gasteiger partial charge on any atom is 0.320 e. The van der Waals surface area contributed by atoms with E-state index in [1.807, 2.05) is 31.0 Å². The van der Waals surface area contributed by atoms with Gasteiger partial charge in [0.25, 0.3) is 0 Å². The smallest absolute Gasteiger partial charge is 0.320 e. The van der Waals surface area contributed by atoms with Gasteiger partial charge in [0.1, 0.15) is 17.5 Å². The molecule has 1 aromatic heterocycles. The molecule has 0 N–H and O–H groups in total. The van der Waals surface area contributed by atoms with Gasteiger partial charge in [-0.1, -0.05) is 12.1 Å². The van der Waals surface area contributed by atoms with E-state index in [0.29, 0.717) is 12.5 Å². The summed E-state index contributed by atoms with van der Waals surface area (Å²) >= 11 is 0. The Balaban J connectivity index is 1.67. The first-order valence-corrected chi connectivity index (χ1v) is 9.63. The molecule has 0 radical (unpaired) electrons. The maximum absolute atomic E-state index is 13.9. The number of fused-ring (bicyclic) bond motifs is 1. The van der Waals surface area contributed by atoms with Crippen molar-refractivity contribution in [2.45, 2.75) is 19.9 Å². The first-order valence-electron chi connectivity index (χ1n) is 9.63. The summed E-state index contributed by atoms with van der Waals surface area (Å²) in [5.41, 5.74) is 1.91. The van der Waals surface area contributed by atoms with E-state index >= 15 is 0 Å². The van der Waals surface area contributed by atoms with E-state index in [-0.39, 0.29) is 23.8 Å². The number of carbonyl (C=O) groups excluding carboxylic acids is 1. The lowest BCUT2D eigenvalue weighted by atomic mass is 9.89. The van der Waals surface area contributed by atoms with Crippen LogP contribution in [0.2, 0.25) is 0 Å². The van der Waals surface area contributed by atoms with Crippen LogP contribution in [-0.4, -0.2) is 59.5 Å². The molecule has 2 amide bonds. The van der Waals surface area contributed by atoms with E-state index in [1.165, 1.54) is 6.07 Å². The number of aromatic nitrogens is 2. The van der Waals surface area contributed by atoms with Crippen molar-refractivity contribution >= 4 is 11.8 Å². The van der Waals surface area contributed by atoms with Crippen LogP contribution in [0.15, 0.2) is 30.5 Å². The van der Waals surface area contributed by atoms with Crippen molar-refractivity contribution in [2.24, 2.45) is 11.8 Å². The Bertz CT molecular complexity index is 902. The number of carbonyl (C=O) groups is 1. The molecule has 7 heteroatoms. The number of benzene rings is 1. The summed E-state index contributed by atoms with van der Waals surface area (Å²) in [6.07, 6.45) is 1.86. The first-order chi connectivity index (χ1) is 13.3. The Hall–Kier alpha value is -2.70. The molecule has 2 aromatic rings. The Labute approximate surface area is 165 Å². The monoisotopic (exact) mass is 383 g/mol. The van der Waals surface area contributed by atoms with Gasteiger partial charge in [-0.15, -0.1) is 0 Å². The molecule has 1 aromatic carbocycles. The van der Waals surface area contributed by atoms with Crippen molar-refractivity contribution in [1.29, 1.82) is 0 Å². The zero-order valence-electron chi connectivity index (χ0n) is 16.8. The summed E-state index contributed by atoms with van der Waals surface area (Å²) in [6.45, 7) is 6.22. The number of nitrogens with zero attached hydrogens (tertiary/aromatic N) is 5. The quantitative estimate of drug-likeness (QED) is 0.800. The highest BCUT2D eigenvalue weighted by Gasteiger charge is 2.50. The van der Waals surface area contributed by atoms with Crippen LogP contribution in [0.1, 0.15) is 23.0 Å². The van der Waals surface area contributed by atoms with E-state index in [1.54, 1.807) is 31.1 Å². The molecule has 0 spiro atoms. The average Bonchev–Trinajstić information content (AvgIpc) is 3.20. The van der Waals surface area contributed by atoms with Crippen LogP contribution in [0.3, 0.4) is 0 Å². The first kappa shape index (κ1) is 18.7. The molecule has 2 fully saturated rings. The molecule has 0 bridgehead atoms. The van der Waals surface area contributed by atoms with E-state index < -0.39 is 0 Å². The lowest BCUT2D eigenvalue weighted by Crippen LogP contribution is -2.41. The van der Waals surface area contributed by atoms with E-state index in [9.17, 15) is 9.18 Å². The van der Waals surface area contributed by atoms with Gasteiger partial charge in [0.05, 0.1) is 6.04 Å². The zero-order chi connectivity index (χ0) is 20.0. The molecule has 28 heavy (non-hydrogen) atoms. The van der Waals surface area contributed by atoms with Gasteiger partial charge < -0.3 is 14.7 Å². The number of likely N-dealkylation sites (tertiary alicyclic amines) is 1. The van der Waals surface area contributed by atoms with E-state index in [0.717, 1.165) is 35.9 Å². The number of rotatable bonds is 2. The maximum atomic E-state index is 13.9. The van der Waals surface area contributed by atoms with E-state index in [2.05, 4.69) is 14.9 Å². The summed E-state index contributed by atoms with van der Waals surface area (Å²) in [6, 6.07) is 6.50. The van der Waals surface area contributed by atoms with Crippen LogP contribution in [0.4, 0.5) is 15.0 Å². The van der Waals surface area contributed by atoms with Crippen LogP contribution in [-0.2, 0) is 0 Å². The fourth-order valence-electron chi connectivity index (χ4n) is 4.63. The SMILES string of the molecule is Cc1ncc(C)c(N2C[C@@H]3CN(C(=O)N(C)C)[C@@H](c4cccc(F)c4)[C@@H]3C2)n1. The summed E-state index contributed by atoms with van der Waals surface area (Å²) in [5.74, 6) is 2.01. The third kappa shape index (κ3) is 3.19. The second-order valence-corrected chi connectivity index (χ2v) is 8.08. The Kier molecular flexibility index (Phi) is 4.69. The second kappa shape index (κ2) is 7.04. The van der Waals surface area contributed by atoms with Crippen molar-refractivity contribution in [3.05, 3.63) is 53.2 Å². The number of anilines is 1. The molecule has 2 aliphatic heterocycles. The number of urea groups is 1. The van der Waals surface area contributed by atoms with Crippen LogP contribution < -0.4 is 4.90 Å². The molecule has 3 heterocycles. The van der Waals surface area contributed by atoms with Gasteiger partial charge in [-0.3, -0.25) is 0 Å². The number of hydrogen-bond acceptors (Lipinski definition) is 4. The third-order valence-electron chi connectivity index (χ3n) is 5.85. The minimum absolute atomic E-state index is 0.0238. The standard InChI is InChI=1S/C21H26FN5O/c1-13-9-23-14(2)24-20(13)26-10-16-11-27(21(28)25(3)4)19(18(16)12-26)15-6-5-7-17(22)8-15/h5-9,16,18-19H,10-12H2,1-4H3/t16-,18-,19+/m1/s1. The second-order valence-electron chi connectivity index (χ2n) is 8.08. The van der Waals surface area contributed by atoms with Crippen LogP contribution in [0.25, 0.3) is 0 Å². The molecule has 2 aliphatic rings. The highest BCUT2D eigenvalue weighted by molar-refractivity contribution is 5.75. The van der Waals surface area contributed by atoms with Crippen molar-refractivity contribution in [3.8, 4) is 0 Å². The molecule has 6 nitrogen and oxygen atoms in total. The average molecular weight is 383 g/mol. The van der Waals surface area contributed by atoms with Crippen LogP contribution in [0, 0.1) is 31.5 Å². The van der Waals surface area contributed by atoms with Crippen molar-refractivity contribution in [3.63, 3.8) is 0 Å². The zero-order valence-corrected chi connectivity index (χ0v) is 16.8. The van der Waals surface area contributed by atoms with Crippen molar-refractivity contribution < 1.29 is 9.18 Å². The van der Waals surface area contributed by atoms with Crippen molar-refractivity contribution in [1.82, 2.24) is 19.8 Å². The lowest BCUT2D eigenvalue weighted by Gasteiger charge is -2.32. The number of halogens is 1. The molecule has 0 aliphatic carbocycles. The summed E-state index contributed by atoms with van der Waals surface area (Å²) in [4.78, 5) is 27.5. The highest BCUT2D eigenvalue weighted by Crippen LogP contribution is 2.46. The van der Waals surface area contributed by atoms with Gasteiger partial charge in [-0.05, 0) is 31.5 Å². The predicted molar refractivity (Wildman–Crippen MR) is 106 cm³/mol. The predicted octanol–water partition coefficient (Wildman–Crippen LogP) is 3.02. The van der Waals surface area contributed by atoms with Crippen LogP contribution >= 0.6 is 0 Å². The number of aryl methyl sites for hydroxylation is 2. The molecule has 4 rings (SSSR count). The minimum Gasteiger partial charge on any atom is -0.356 e. The van der Waals surface area contributed by atoms with Gasteiger partial charge in [0, 0.05) is 57.3 Å². The number of hydrogen-bond donors (Lipinski definition) is 0. The Morgan fingerprint density at radius 3 is 2.71 bits per heavy atom. The van der Waals surface area contributed by atoms with Gasteiger partial charge in [0.2, 0.25) is 0 Å². The van der Waals surface area contributed by atoms with Crippen molar-refractivity contribution in [2.75, 3.05) is 38.6 Å². The lowest BCUT2D eigenvalue weighted by molar-refractivity contribution is 0.159. The Morgan fingerprint density at radius 2 is 2.00 bits per heavy atom. The molecule has 148 valence electrons. The molecule has 0 unspecified atom stereocenters. The fraction of sp³-hybridized carbons (Fsp3) is 0.476. The summed E-state index contributed by atoms with van der Waals surface area (Å²) < 4.78 is 13.9. The molecule has 3 atom stereocenters. The highest BCUT2D eigenvalue weighted by atomic mass is 19.1. The molecular weight excluding hydrogens is 357 g/mol. The summed E-state index contributed by atoms with van der Waals surface area (Å²) in [7, 11) is 3.52. The topological polar surface area (TPSA) is 52.6 Å². The van der Waals surface area contributed by atoms with Gasteiger partial charge in [0.15, 0.2) is 0 Å². The van der Waals surface area contributed by atoms with Gasteiger partial charge >= 0.3 is 6.03 Å². The van der Waals surface area contributed by atoms with Gasteiger partial charge in [-0.25, -0.2) is 19.2 Å². The fourth-order valence-corrected chi connectivity index (χ4v) is 4.63. The minimum atomic E-state index is -0.268. The molecule has 0 saturated carbocycles. The van der Waals surface area contributed by atoms with Gasteiger partial charge in [-0.2, -0.15) is 0 Å². The Morgan fingerprint density at radius 1 is 1.21 bits per heavy atom. The summed E-state index contributed by atoms with van der Waals surface area (Å²) in [5, 5.41) is 0. The number of amides is 2. The van der Waals surface area contributed by atoms with Crippen LogP contribution in [0.5, 0.6) is 0 Å². The largest absolute Gasteiger partial charge is 0.356 e. The molecule has 2 saturated heterocycles. The third-order valence-corrected chi connectivity index (χ3v) is 5.85. The van der Waals surface area contributed by atoms with E-state index in [4.69, 9.17) is 0 Å². The normalized spacial score (nSPS) is 23.8.